The Morgan fingerprint density at radius 1 is 1.28 bits per heavy atom. The number of thiophene rings is 1. The summed E-state index contributed by atoms with van der Waals surface area (Å²) in [5.74, 6) is -0.330. The number of ether oxygens (including phenoxy) is 2. The number of aryl methyl sites for hydroxylation is 1. The quantitative estimate of drug-likeness (QED) is 0.596. The molecule has 2 aromatic heterocycles. The summed E-state index contributed by atoms with van der Waals surface area (Å²) in [6.07, 6.45) is 1.41. The largest absolute Gasteiger partial charge is 0.466 e. The fourth-order valence-electron chi connectivity index (χ4n) is 3.00. The lowest BCUT2D eigenvalue weighted by molar-refractivity contribution is -0.154. The molecule has 1 aliphatic rings. The van der Waals surface area contributed by atoms with Gasteiger partial charge in [0, 0.05) is 30.5 Å². The van der Waals surface area contributed by atoms with Gasteiger partial charge in [-0.2, -0.15) is 16.3 Å². The molecule has 29 heavy (non-hydrogen) atoms. The van der Waals surface area contributed by atoms with Crippen molar-refractivity contribution in [3.05, 3.63) is 22.7 Å². The second-order valence-electron chi connectivity index (χ2n) is 6.59. The third-order valence-electron chi connectivity index (χ3n) is 4.61. The van der Waals surface area contributed by atoms with E-state index >= 15 is 0 Å². The van der Waals surface area contributed by atoms with Crippen LogP contribution in [0.5, 0.6) is 0 Å². The van der Waals surface area contributed by atoms with E-state index in [4.69, 9.17) is 14.0 Å². The molecule has 9 nitrogen and oxygen atoms in total. The van der Waals surface area contributed by atoms with Crippen LogP contribution in [0.1, 0.15) is 32.1 Å². The van der Waals surface area contributed by atoms with Gasteiger partial charge in [0.2, 0.25) is 11.7 Å². The number of hydrogen-bond acceptors (Lipinski definition) is 9. The summed E-state index contributed by atoms with van der Waals surface area (Å²) in [4.78, 5) is 41.7. The molecule has 1 amide bonds. The van der Waals surface area contributed by atoms with E-state index < -0.39 is 5.97 Å². The molecular weight excluding hydrogens is 398 g/mol. The van der Waals surface area contributed by atoms with Gasteiger partial charge in [0.25, 0.3) is 5.91 Å². The van der Waals surface area contributed by atoms with Crippen LogP contribution in [-0.4, -0.2) is 59.2 Å². The normalized spacial score (nSPS) is 14.6. The van der Waals surface area contributed by atoms with Crippen LogP contribution in [0.15, 0.2) is 21.3 Å². The van der Waals surface area contributed by atoms with Crippen molar-refractivity contribution in [1.29, 1.82) is 0 Å². The van der Waals surface area contributed by atoms with Crippen molar-refractivity contribution in [2.75, 3.05) is 26.3 Å². The molecule has 0 atom stereocenters. The van der Waals surface area contributed by atoms with Crippen LogP contribution in [0.3, 0.4) is 0 Å². The zero-order valence-electron chi connectivity index (χ0n) is 16.2. The molecule has 0 bridgehead atoms. The van der Waals surface area contributed by atoms with E-state index in [1.807, 2.05) is 16.8 Å². The van der Waals surface area contributed by atoms with Crippen LogP contribution in [0.4, 0.5) is 0 Å². The summed E-state index contributed by atoms with van der Waals surface area (Å²) < 4.78 is 15.2. The lowest BCUT2D eigenvalue weighted by Crippen LogP contribution is -2.42. The van der Waals surface area contributed by atoms with Crippen molar-refractivity contribution in [3.63, 3.8) is 0 Å². The predicted octanol–water partition coefficient (Wildman–Crippen LogP) is 2.08. The first-order valence-electron chi connectivity index (χ1n) is 9.52. The van der Waals surface area contributed by atoms with Crippen molar-refractivity contribution < 1.29 is 28.4 Å². The van der Waals surface area contributed by atoms with Crippen LogP contribution in [0, 0.1) is 5.92 Å². The Morgan fingerprint density at radius 3 is 2.76 bits per heavy atom. The van der Waals surface area contributed by atoms with E-state index in [1.165, 1.54) is 11.3 Å². The van der Waals surface area contributed by atoms with Gasteiger partial charge in [-0.15, -0.1) is 0 Å². The Hall–Kier alpha value is -2.75. The lowest BCUT2D eigenvalue weighted by Gasteiger charge is -2.30. The monoisotopic (exact) mass is 421 g/mol. The fraction of sp³-hybridized carbons (Fsp3) is 0.526. The van der Waals surface area contributed by atoms with Crippen molar-refractivity contribution in [3.8, 4) is 11.4 Å². The summed E-state index contributed by atoms with van der Waals surface area (Å²) in [6, 6.07) is 1.88. The molecule has 0 saturated carbocycles. The molecule has 3 rings (SSSR count). The average molecular weight is 421 g/mol. The molecule has 0 unspecified atom stereocenters. The molecule has 0 radical (unpaired) electrons. The zero-order valence-corrected chi connectivity index (χ0v) is 17.0. The highest BCUT2D eigenvalue weighted by Gasteiger charge is 2.28. The summed E-state index contributed by atoms with van der Waals surface area (Å²) in [5.41, 5.74) is 0.866. The molecule has 1 saturated heterocycles. The molecule has 0 spiro atoms. The van der Waals surface area contributed by atoms with Crippen LogP contribution >= 0.6 is 11.3 Å². The molecule has 0 aliphatic carbocycles. The van der Waals surface area contributed by atoms with Gasteiger partial charge >= 0.3 is 11.9 Å². The first-order valence-corrected chi connectivity index (χ1v) is 10.5. The summed E-state index contributed by atoms with van der Waals surface area (Å²) in [5, 5.41) is 7.70. The van der Waals surface area contributed by atoms with E-state index in [0.29, 0.717) is 44.3 Å². The van der Waals surface area contributed by atoms with Gasteiger partial charge in [0.15, 0.2) is 6.61 Å². The topological polar surface area (TPSA) is 112 Å². The van der Waals surface area contributed by atoms with Crippen LogP contribution < -0.4 is 0 Å². The number of piperidine rings is 1. The number of aromatic nitrogens is 2. The minimum atomic E-state index is -0.505. The molecule has 3 heterocycles. The SMILES string of the molecule is CCOC(=O)C1CCN(C(=O)COC(=O)CCc2nc(-c3ccsc3)no2)CC1. The standard InChI is InChI=1S/C19H23N3O6S/c1-2-26-19(25)13-5-8-22(9-6-13)16(23)11-27-17(24)4-3-15-20-18(21-28-15)14-7-10-29-12-14/h7,10,12-13H,2-6,8-9,11H2,1H3. The van der Waals surface area contributed by atoms with E-state index in [2.05, 4.69) is 10.1 Å². The number of carbonyl (C=O) groups is 3. The Balaban J connectivity index is 1.35. The molecule has 10 heteroatoms. The van der Waals surface area contributed by atoms with Gasteiger partial charge in [0.1, 0.15) is 0 Å². The Morgan fingerprint density at radius 2 is 2.07 bits per heavy atom. The van der Waals surface area contributed by atoms with Crippen LogP contribution in [-0.2, 0) is 30.3 Å². The molecule has 0 N–H and O–H groups in total. The van der Waals surface area contributed by atoms with E-state index in [-0.39, 0.29) is 37.2 Å². The number of amides is 1. The van der Waals surface area contributed by atoms with Gasteiger partial charge in [-0.1, -0.05) is 5.16 Å². The zero-order chi connectivity index (χ0) is 20.6. The van der Waals surface area contributed by atoms with Gasteiger partial charge in [-0.25, -0.2) is 0 Å². The molecule has 1 aliphatic heterocycles. The maximum atomic E-state index is 12.2. The second kappa shape index (κ2) is 10.1. The maximum absolute atomic E-state index is 12.2. The Labute approximate surface area is 172 Å². The predicted molar refractivity (Wildman–Crippen MR) is 103 cm³/mol. The van der Waals surface area contributed by atoms with Crippen molar-refractivity contribution in [2.45, 2.75) is 32.6 Å². The van der Waals surface area contributed by atoms with Crippen molar-refractivity contribution in [2.24, 2.45) is 5.92 Å². The number of rotatable bonds is 8. The third-order valence-corrected chi connectivity index (χ3v) is 5.30. The van der Waals surface area contributed by atoms with Gasteiger partial charge in [-0.05, 0) is 31.2 Å². The van der Waals surface area contributed by atoms with Gasteiger partial charge in [-0.3, -0.25) is 14.4 Å². The van der Waals surface area contributed by atoms with Crippen LogP contribution in [0.25, 0.3) is 11.4 Å². The lowest BCUT2D eigenvalue weighted by atomic mass is 9.97. The van der Waals surface area contributed by atoms with Crippen molar-refractivity contribution in [1.82, 2.24) is 15.0 Å². The Kier molecular flexibility index (Phi) is 7.34. The fourth-order valence-corrected chi connectivity index (χ4v) is 3.64. The number of esters is 2. The van der Waals surface area contributed by atoms with Gasteiger partial charge in [0.05, 0.1) is 18.9 Å². The van der Waals surface area contributed by atoms with Crippen molar-refractivity contribution >= 4 is 29.2 Å². The molecular formula is C19H23N3O6S. The average Bonchev–Trinajstić information content (AvgIpc) is 3.42. The second-order valence-corrected chi connectivity index (χ2v) is 7.37. The third kappa shape index (κ3) is 5.86. The van der Waals surface area contributed by atoms with Gasteiger partial charge < -0.3 is 18.9 Å². The van der Waals surface area contributed by atoms with E-state index in [9.17, 15) is 14.4 Å². The van der Waals surface area contributed by atoms with E-state index in [1.54, 1.807) is 11.8 Å². The highest BCUT2D eigenvalue weighted by molar-refractivity contribution is 7.08. The van der Waals surface area contributed by atoms with E-state index in [0.717, 1.165) is 5.56 Å². The smallest absolute Gasteiger partial charge is 0.309 e. The summed E-state index contributed by atoms with van der Waals surface area (Å²) in [6.45, 7) is 2.71. The molecule has 1 fully saturated rings. The molecule has 0 aromatic carbocycles. The number of nitrogens with zero attached hydrogens (tertiary/aromatic N) is 3. The Bertz CT molecular complexity index is 827. The molecule has 2 aromatic rings. The first-order chi connectivity index (χ1) is 14.1. The summed E-state index contributed by atoms with van der Waals surface area (Å²) in [7, 11) is 0. The highest BCUT2D eigenvalue weighted by Crippen LogP contribution is 2.20. The minimum absolute atomic E-state index is 0.0451. The summed E-state index contributed by atoms with van der Waals surface area (Å²) >= 11 is 1.53. The number of hydrogen-bond donors (Lipinski definition) is 0. The maximum Gasteiger partial charge on any atom is 0.309 e. The molecule has 156 valence electrons. The number of likely N-dealkylation sites (tertiary alicyclic amines) is 1. The number of carbonyl (C=O) groups excluding carboxylic acids is 3. The minimum Gasteiger partial charge on any atom is -0.466 e. The highest BCUT2D eigenvalue weighted by atomic mass is 32.1. The first kappa shape index (κ1) is 21.0. The van der Waals surface area contributed by atoms with Crippen LogP contribution in [0.2, 0.25) is 0 Å².